The fraction of sp³-hybridized carbons (Fsp3) is 0.667. The van der Waals surface area contributed by atoms with Gasteiger partial charge in [0.25, 0.3) is 0 Å². The molecule has 1 aliphatic heterocycles. The Kier molecular flexibility index (Phi) is 9.50. The lowest BCUT2D eigenvalue weighted by Gasteiger charge is -2.29. The average molecular weight is 395 g/mol. The van der Waals surface area contributed by atoms with Gasteiger partial charge in [-0.1, -0.05) is 19.9 Å². The first-order valence-electron chi connectivity index (χ1n) is 10.2. The van der Waals surface area contributed by atoms with Gasteiger partial charge in [-0.3, -0.25) is 4.99 Å². The van der Waals surface area contributed by atoms with Gasteiger partial charge >= 0.3 is 0 Å². The van der Waals surface area contributed by atoms with E-state index in [0.717, 1.165) is 38.2 Å². The van der Waals surface area contributed by atoms with Crippen LogP contribution >= 0.6 is 0 Å². The van der Waals surface area contributed by atoms with Crippen LogP contribution in [0.4, 0.5) is 10.1 Å². The van der Waals surface area contributed by atoms with Crippen molar-refractivity contribution in [2.45, 2.75) is 39.8 Å². The summed E-state index contributed by atoms with van der Waals surface area (Å²) in [5, 5.41) is 6.55. The number of benzene rings is 1. The molecule has 1 fully saturated rings. The number of hydrogen-bond acceptors (Lipinski definition) is 4. The van der Waals surface area contributed by atoms with Gasteiger partial charge in [-0.25, -0.2) is 4.39 Å². The molecule has 0 spiro atoms. The quantitative estimate of drug-likeness (QED) is 0.498. The Labute approximate surface area is 168 Å². The lowest BCUT2D eigenvalue weighted by atomic mass is 10.0. The van der Waals surface area contributed by atoms with Crippen LogP contribution in [0.3, 0.4) is 0 Å². The summed E-state index contributed by atoms with van der Waals surface area (Å²) >= 11 is 0. The van der Waals surface area contributed by atoms with Gasteiger partial charge in [0.15, 0.2) is 5.96 Å². The first-order chi connectivity index (χ1) is 13.5. The predicted octanol–water partition coefficient (Wildman–Crippen LogP) is 2.78. The minimum Gasteiger partial charge on any atom is -0.378 e. The SMILES string of the molecule is CCOC(CCNC(=NC)NCc1ccc(N2CCOCC2)c(F)c1)C(C)C. The number of anilines is 1. The number of nitrogens with one attached hydrogen (secondary N) is 2. The number of aliphatic imine (C=N–C) groups is 1. The van der Waals surface area contributed by atoms with Crippen LogP contribution in [-0.4, -0.2) is 58.6 Å². The molecule has 0 aromatic heterocycles. The first-order valence-corrected chi connectivity index (χ1v) is 10.2. The Morgan fingerprint density at radius 1 is 1.29 bits per heavy atom. The van der Waals surface area contributed by atoms with E-state index in [4.69, 9.17) is 9.47 Å². The van der Waals surface area contributed by atoms with Crippen molar-refractivity contribution < 1.29 is 13.9 Å². The van der Waals surface area contributed by atoms with Crippen molar-refractivity contribution in [3.8, 4) is 0 Å². The van der Waals surface area contributed by atoms with E-state index in [-0.39, 0.29) is 11.9 Å². The van der Waals surface area contributed by atoms with Crippen molar-refractivity contribution in [3.05, 3.63) is 29.6 Å². The van der Waals surface area contributed by atoms with E-state index in [9.17, 15) is 4.39 Å². The van der Waals surface area contributed by atoms with Crippen molar-refractivity contribution in [1.29, 1.82) is 0 Å². The van der Waals surface area contributed by atoms with Gasteiger partial charge in [0.2, 0.25) is 0 Å². The van der Waals surface area contributed by atoms with Gasteiger partial charge in [0.05, 0.1) is 25.0 Å². The summed E-state index contributed by atoms with van der Waals surface area (Å²) in [5.74, 6) is 0.988. The number of ether oxygens (including phenoxy) is 2. The third kappa shape index (κ3) is 6.95. The molecule has 1 unspecified atom stereocenters. The highest BCUT2D eigenvalue weighted by atomic mass is 19.1. The number of morpholine rings is 1. The fourth-order valence-corrected chi connectivity index (χ4v) is 3.28. The summed E-state index contributed by atoms with van der Waals surface area (Å²) in [5.41, 5.74) is 1.53. The molecule has 0 amide bonds. The minimum absolute atomic E-state index is 0.194. The average Bonchev–Trinajstić information content (AvgIpc) is 2.70. The zero-order valence-electron chi connectivity index (χ0n) is 17.6. The molecule has 6 nitrogen and oxygen atoms in total. The normalized spacial score (nSPS) is 16.4. The molecule has 0 aliphatic carbocycles. The molecule has 2 rings (SSSR count). The molecule has 7 heteroatoms. The van der Waals surface area contributed by atoms with Crippen LogP contribution in [0.2, 0.25) is 0 Å². The second kappa shape index (κ2) is 11.9. The van der Waals surface area contributed by atoms with Crippen molar-refractivity contribution >= 4 is 11.6 Å². The molecule has 28 heavy (non-hydrogen) atoms. The number of guanidine groups is 1. The Morgan fingerprint density at radius 2 is 2.04 bits per heavy atom. The zero-order valence-corrected chi connectivity index (χ0v) is 17.6. The number of nitrogens with zero attached hydrogens (tertiary/aromatic N) is 2. The standard InChI is InChI=1S/C21H35FN4O2/c1-5-28-20(16(2)3)8-9-24-21(23-4)25-15-17-6-7-19(18(22)14-17)26-10-12-27-13-11-26/h6-7,14,16,20H,5,8-13,15H2,1-4H3,(H2,23,24,25). The van der Waals surface area contributed by atoms with Crippen molar-refractivity contribution in [2.75, 3.05) is 51.4 Å². The smallest absolute Gasteiger partial charge is 0.191 e. The van der Waals surface area contributed by atoms with E-state index in [2.05, 4.69) is 29.5 Å². The molecule has 0 bridgehead atoms. The summed E-state index contributed by atoms with van der Waals surface area (Å²) in [7, 11) is 1.74. The van der Waals surface area contributed by atoms with Crippen LogP contribution in [0.15, 0.2) is 23.2 Å². The van der Waals surface area contributed by atoms with Gasteiger partial charge in [-0.05, 0) is 37.0 Å². The van der Waals surface area contributed by atoms with Gasteiger partial charge < -0.3 is 25.0 Å². The Morgan fingerprint density at radius 3 is 2.64 bits per heavy atom. The minimum atomic E-state index is -0.194. The van der Waals surface area contributed by atoms with E-state index in [1.54, 1.807) is 13.1 Å². The van der Waals surface area contributed by atoms with E-state index < -0.39 is 0 Å². The lowest BCUT2D eigenvalue weighted by Crippen LogP contribution is -2.39. The monoisotopic (exact) mass is 394 g/mol. The van der Waals surface area contributed by atoms with Crippen molar-refractivity contribution in [1.82, 2.24) is 10.6 Å². The van der Waals surface area contributed by atoms with E-state index >= 15 is 0 Å². The van der Waals surface area contributed by atoms with Crippen molar-refractivity contribution in [2.24, 2.45) is 10.9 Å². The Balaban J connectivity index is 1.81. The van der Waals surface area contributed by atoms with Crippen molar-refractivity contribution in [3.63, 3.8) is 0 Å². The second-order valence-electron chi connectivity index (χ2n) is 7.26. The highest BCUT2D eigenvalue weighted by molar-refractivity contribution is 5.79. The number of halogens is 1. The maximum atomic E-state index is 14.5. The molecular weight excluding hydrogens is 359 g/mol. The van der Waals surface area contributed by atoms with E-state index in [1.807, 2.05) is 24.0 Å². The Hall–Kier alpha value is -1.86. The molecule has 0 saturated carbocycles. The topological polar surface area (TPSA) is 58.1 Å². The third-order valence-corrected chi connectivity index (χ3v) is 4.89. The summed E-state index contributed by atoms with van der Waals surface area (Å²) < 4.78 is 25.6. The molecule has 1 aromatic carbocycles. The summed E-state index contributed by atoms with van der Waals surface area (Å²) in [6.07, 6.45) is 1.15. The maximum absolute atomic E-state index is 14.5. The van der Waals surface area contributed by atoms with Gasteiger partial charge in [-0.15, -0.1) is 0 Å². The number of rotatable bonds is 9. The van der Waals surface area contributed by atoms with Gasteiger partial charge in [0.1, 0.15) is 5.82 Å². The second-order valence-corrected chi connectivity index (χ2v) is 7.26. The van der Waals surface area contributed by atoms with Crippen LogP contribution in [0.25, 0.3) is 0 Å². The maximum Gasteiger partial charge on any atom is 0.191 e. The number of hydrogen-bond donors (Lipinski definition) is 2. The molecule has 158 valence electrons. The Bertz CT molecular complexity index is 618. The highest BCUT2D eigenvalue weighted by Gasteiger charge is 2.16. The molecule has 1 aromatic rings. The van der Waals surface area contributed by atoms with Crippen LogP contribution < -0.4 is 15.5 Å². The molecule has 1 heterocycles. The largest absolute Gasteiger partial charge is 0.378 e. The molecule has 1 saturated heterocycles. The zero-order chi connectivity index (χ0) is 20.4. The third-order valence-electron chi connectivity index (χ3n) is 4.89. The van der Waals surface area contributed by atoms with Gasteiger partial charge in [0, 0.05) is 39.8 Å². The summed E-state index contributed by atoms with van der Waals surface area (Å²) in [6, 6.07) is 5.40. The molecule has 1 aliphatic rings. The van der Waals surface area contributed by atoms with Crippen LogP contribution in [0.1, 0.15) is 32.8 Å². The first kappa shape index (κ1) is 22.4. The predicted molar refractivity (Wildman–Crippen MR) is 113 cm³/mol. The summed E-state index contributed by atoms with van der Waals surface area (Å²) in [6.45, 7) is 11.1. The van der Waals surface area contributed by atoms with Crippen LogP contribution in [-0.2, 0) is 16.0 Å². The lowest BCUT2D eigenvalue weighted by molar-refractivity contribution is 0.0258. The molecular formula is C21H35FN4O2. The van der Waals surface area contributed by atoms with Crippen LogP contribution in [0.5, 0.6) is 0 Å². The fourth-order valence-electron chi connectivity index (χ4n) is 3.28. The summed E-state index contributed by atoms with van der Waals surface area (Å²) in [4.78, 5) is 6.27. The molecule has 0 radical (unpaired) electrons. The van der Waals surface area contributed by atoms with E-state index in [0.29, 0.717) is 37.3 Å². The highest BCUT2D eigenvalue weighted by Crippen LogP contribution is 2.21. The van der Waals surface area contributed by atoms with Gasteiger partial charge in [-0.2, -0.15) is 0 Å². The molecule has 2 N–H and O–H groups in total. The van der Waals surface area contributed by atoms with E-state index in [1.165, 1.54) is 0 Å². The van der Waals surface area contributed by atoms with Crippen LogP contribution in [0, 0.1) is 11.7 Å². The molecule has 1 atom stereocenters.